The van der Waals surface area contributed by atoms with E-state index >= 15 is 0 Å². The van der Waals surface area contributed by atoms with E-state index in [0.29, 0.717) is 48.7 Å². The standard InChI is InChI=1S/C25H27N3O6S/c1-33-20-11-18(12-21(13-20)34-2)24(31)27-9-7-17(8-10-27)23(30)26-19-5-3-16(4-6-19)14-28-22(29)15-35-25(28)32/h3-6,11-13,17H,7-10,14-15H2,1-2H3,(H,26,30). The van der Waals surface area contributed by atoms with Gasteiger partial charge in [-0.25, -0.2) is 0 Å². The minimum atomic E-state index is -0.234. The fraction of sp³-hybridized carbons (Fsp3) is 0.360. The van der Waals surface area contributed by atoms with Gasteiger partial charge in [-0.2, -0.15) is 0 Å². The van der Waals surface area contributed by atoms with E-state index in [4.69, 9.17) is 9.47 Å². The highest BCUT2D eigenvalue weighted by Gasteiger charge is 2.30. The molecule has 4 amide bonds. The summed E-state index contributed by atoms with van der Waals surface area (Å²) in [5, 5.41) is 2.70. The molecule has 2 aromatic rings. The second-order valence-electron chi connectivity index (χ2n) is 8.39. The Balaban J connectivity index is 1.29. The van der Waals surface area contributed by atoms with Crippen LogP contribution >= 0.6 is 11.8 Å². The normalized spacial score (nSPS) is 16.4. The van der Waals surface area contributed by atoms with Crippen molar-refractivity contribution in [3.05, 3.63) is 53.6 Å². The van der Waals surface area contributed by atoms with Crippen molar-refractivity contribution in [2.45, 2.75) is 19.4 Å². The predicted molar refractivity (Wildman–Crippen MR) is 132 cm³/mol. The van der Waals surface area contributed by atoms with Crippen LogP contribution in [0.15, 0.2) is 42.5 Å². The van der Waals surface area contributed by atoms with Crippen LogP contribution in [0, 0.1) is 5.92 Å². The molecule has 2 saturated heterocycles. The van der Waals surface area contributed by atoms with Gasteiger partial charge in [0, 0.05) is 36.3 Å². The Kier molecular flexibility index (Phi) is 7.60. The molecule has 2 aliphatic heterocycles. The topological polar surface area (TPSA) is 105 Å². The molecule has 2 heterocycles. The van der Waals surface area contributed by atoms with Crippen molar-refractivity contribution < 1.29 is 28.7 Å². The first kappa shape index (κ1) is 24.6. The molecule has 2 aliphatic rings. The number of carbonyl (C=O) groups excluding carboxylic acids is 4. The lowest BCUT2D eigenvalue weighted by atomic mass is 9.95. The van der Waals surface area contributed by atoms with Gasteiger partial charge in [0.1, 0.15) is 11.5 Å². The van der Waals surface area contributed by atoms with Crippen molar-refractivity contribution in [1.82, 2.24) is 9.80 Å². The second-order valence-corrected chi connectivity index (χ2v) is 9.32. The lowest BCUT2D eigenvalue weighted by molar-refractivity contribution is -0.125. The van der Waals surface area contributed by atoms with Crippen LogP contribution in [0.4, 0.5) is 10.5 Å². The summed E-state index contributed by atoms with van der Waals surface area (Å²) in [5.41, 5.74) is 1.95. The maximum atomic E-state index is 13.0. The van der Waals surface area contributed by atoms with Crippen molar-refractivity contribution in [3.63, 3.8) is 0 Å². The Morgan fingerprint density at radius 2 is 1.63 bits per heavy atom. The number of ether oxygens (including phenoxy) is 2. The lowest BCUT2D eigenvalue weighted by Gasteiger charge is -2.31. The molecule has 0 bridgehead atoms. The van der Waals surface area contributed by atoms with Gasteiger partial charge in [0.15, 0.2) is 0 Å². The number of nitrogens with zero attached hydrogens (tertiary/aromatic N) is 2. The first-order valence-electron chi connectivity index (χ1n) is 11.3. The van der Waals surface area contributed by atoms with E-state index in [-0.39, 0.29) is 41.2 Å². The maximum absolute atomic E-state index is 13.0. The molecule has 2 aromatic carbocycles. The highest BCUT2D eigenvalue weighted by Crippen LogP contribution is 2.26. The van der Waals surface area contributed by atoms with Crippen LogP contribution in [-0.2, 0) is 16.1 Å². The van der Waals surface area contributed by atoms with E-state index in [9.17, 15) is 19.2 Å². The van der Waals surface area contributed by atoms with Gasteiger partial charge in [-0.05, 0) is 42.7 Å². The molecule has 0 aromatic heterocycles. The maximum Gasteiger partial charge on any atom is 0.289 e. The summed E-state index contributed by atoms with van der Waals surface area (Å²) in [6.45, 7) is 1.18. The van der Waals surface area contributed by atoms with E-state index in [2.05, 4.69) is 5.32 Å². The summed E-state index contributed by atoms with van der Waals surface area (Å²) in [6.07, 6.45) is 1.13. The zero-order chi connectivity index (χ0) is 24.9. The molecule has 184 valence electrons. The highest BCUT2D eigenvalue weighted by atomic mass is 32.2. The van der Waals surface area contributed by atoms with Crippen LogP contribution < -0.4 is 14.8 Å². The van der Waals surface area contributed by atoms with Crippen LogP contribution in [0.5, 0.6) is 11.5 Å². The van der Waals surface area contributed by atoms with E-state index < -0.39 is 0 Å². The lowest BCUT2D eigenvalue weighted by Crippen LogP contribution is -2.41. The van der Waals surface area contributed by atoms with Crippen molar-refractivity contribution in [2.75, 3.05) is 38.4 Å². The number of carbonyl (C=O) groups is 4. The second kappa shape index (κ2) is 10.8. The number of imide groups is 1. The number of likely N-dealkylation sites (tertiary alicyclic amines) is 1. The highest BCUT2D eigenvalue weighted by molar-refractivity contribution is 8.14. The quantitative estimate of drug-likeness (QED) is 0.625. The van der Waals surface area contributed by atoms with Gasteiger partial charge < -0.3 is 19.7 Å². The van der Waals surface area contributed by atoms with Gasteiger partial charge in [0.05, 0.1) is 26.5 Å². The average molecular weight is 498 g/mol. The smallest absolute Gasteiger partial charge is 0.289 e. The van der Waals surface area contributed by atoms with Crippen LogP contribution in [0.2, 0.25) is 0 Å². The molecule has 35 heavy (non-hydrogen) atoms. The Labute approximate surface area is 207 Å². The van der Waals surface area contributed by atoms with Crippen molar-refractivity contribution in [1.29, 1.82) is 0 Å². The molecule has 0 aliphatic carbocycles. The molecule has 0 saturated carbocycles. The third kappa shape index (κ3) is 5.76. The number of hydrogen-bond acceptors (Lipinski definition) is 7. The Morgan fingerprint density at radius 1 is 1.00 bits per heavy atom. The molecule has 1 N–H and O–H groups in total. The van der Waals surface area contributed by atoms with Gasteiger partial charge in [-0.15, -0.1) is 0 Å². The van der Waals surface area contributed by atoms with Gasteiger partial charge in [0.25, 0.3) is 11.1 Å². The molecule has 0 spiro atoms. The van der Waals surface area contributed by atoms with Crippen LogP contribution in [0.25, 0.3) is 0 Å². The monoisotopic (exact) mass is 497 g/mol. The largest absolute Gasteiger partial charge is 0.497 e. The number of anilines is 1. The summed E-state index contributed by atoms with van der Waals surface area (Å²) in [6, 6.07) is 12.2. The number of piperidine rings is 1. The molecule has 0 unspecified atom stereocenters. The third-order valence-corrected chi connectivity index (χ3v) is 7.01. The first-order chi connectivity index (χ1) is 16.9. The molecule has 9 nitrogen and oxygen atoms in total. The zero-order valence-corrected chi connectivity index (χ0v) is 20.4. The first-order valence-corrected chi connectivity index (χ1v) is 12.3. The summed E-state index contributed by atoms with van der Waals surface area (Å²) >= 11 is 1.01. The molecular weight excluding hydrogens is 470 g/mol. The Bertz CT molecular complexity index is 1090. The number of nitrogens with one attached hydrogen (secondary N) is 1. The number of rotatable bonds is 7. The summed E-state index contributed by atoms with van der Waals surface area (Å²) < 4.78 is 10.5. The van der Waals surface area contributed by atoms with Gasteiger partial charge in [-0.3, -0.25) is 24.1 Å². The molecule has 2 fully saturated rings. The van der Waals surface area contributed by atoms with Gasteiger partial charge >= 0.3 is 0 Å². The zero-order valence-electron chi connectivity index (χ0n) is 19.6. The Morgan fingerprint density at radius 3 is 2.17 bits per heavy atom. The van der Waals surface area contributed by atoms with E-state index in [1.54, 1.807) is 47.4 Å². The van der Waals surface area contributed by atoms with Crippen molar-refractivity contribution >= 4 is 40.4 Å². The van der Waals surface area contributed by atoms with E-state index in [1.807, 2.05) is 0 Å². The molecule has 0 radical (unpaired) electrons. The fourth-order valence-corrected chi connectivity index (χ4v) is 4.84. The molecule has 10 heteroatoms. The number of amides is 4. The SMILES string of the molecule is COc1cc(OC)cc(C(=O)N2CCC(C(=O)Nc3ccc(CN4C(=O)CSC4=O)cc3)CC2)c1. The van der Waals surface area contributed by atoms with Crippen LogP contribution in [0.1, 0.15) is 28.8 Å². The summed E-state index contributed by atoms with van der Waals surface area (Å²) in [4.78, 5) is 52.3. The minimum absolute atomic E-state index is 0.0887. The predicted octanol–water partition coefficient (Wildman–Crippen LogP) is 3.39. The minimum Gasteiger partial charge on any atom is -0.497 e. The summed E-state index contributed by atoms with van der Waals surface area (Å²) in [7, 11) is 3.07. The number of benzene rings is 2. The van der Waals surface area contributed by atoms with Gasteiger partial charge in [0.2, 0.25) is 11.8 Å². The van der Waals surface area contributed by atoms with Crippen molar-refractivity contribution in [3.8, 4) is 11.5 Å². The van der Waals surface area contributed by atoms with Crippen LogP contribution in [0.3, 0.4) is 0 Å². The number of thioether (sulfide) groups is 1. The number of hydrogen-bond donors (Lipinski definition) is 1. The van der Waals surface area contributed by atoms with Crippen LogP contribution in [-0.4, -0.2) is 65.8 Å². The van der Waals surface area contributed by atoms with E-state index in [0.717, 1.165) is 17.3 Å². The fourth-order valence-electron chi connectivity index (χ4n) is 4.11. The molecular formula is C25H27N3O6S. The summed E-state index contributed by atoms with van der Waals surface area (Å²) in [5.74, 6) is 0.684. The van der Waals surface area contributed by atoms with Crippen molar-refractivity contribution in [2.24, 2.45) is 5.92 Å². The van der Waals surface area contributed by atoms with E-state index in [1.165, 1.54) is 19.1 Å². The molecule has 0 atom stereocenters. The molecule has 4 rings (SSSR count). The average Bonchev–Trinajstić information content (AvgIpc) is 3.21. The Hall–Kier alpha value is -3.53. The number of methoxy groups -OCH3 is 2. The third-order valence-electron chi connectivity index (χ3n) is 6.15. The van der Waals surface area contributed by atoms with Gasteiger partial charge in [-0.1, -0.05) is 23.9 Å².